The first-order valence-electron chi connectivity index (χ1n) is 8.06. The summed E-state index contributed by atoms with van der Waals surface area (Å²) in [6.07, 6.45) is 2.55. The van der Waals surface area contributed by atoms with Gasteiger partial charge in [-0.3, -0.25) is 0 Å². The fourth-order valence-electron chi connectivity index (χ4n) is 2.46. The van der Waals surface area contributed by atoms with E-state index in [0.29, 0.717) is 12.0 Å². The van der Waals surface area contributed by atoms with Crippen LogP contribution in [-0.4, -0.2) is 35.2 Å². The molecule has 0 fully saturated rings. The Balaban J connectivity index is 2.32. The molecule has 2 aromatic rings. The topological polar surface area (TPSA) is 105 Å². The molecular formula is C19H20NO6S-. The number of hydrogen-bond acceptors (Lipinski definition) is 6. The lowest BCUT2D eigenvalue weighted by Gasteiger charge is -2.15. The van der Waals surface area contributed by atoms with Gasteiger partial charge in [0.15, 0.2) is 11.5 Å². The van der Waals surface area contributed by atoms with Gasteiger partial charge in [0.2, 0.25) is 10.0 Å². The summed E-state index contributed by atoms with van der Waals surface area (Å²) >= 11 is 0. The molecule has 27 heavy (non-hydrogen) atoms. The number of carboxylic acid groups (broad SMARTS) is 1. The summed E-state index contributed by atoms with van der Waals surface area (Å²) in [5.74, 6) is -1.19. The van der Waals surface area contributed by atoms with E-state index in [2.05, 4.69) is 4.72 Å². The summed E-state index contributed by atoms with van der Waals surface area (Å²) in [6.45, 7) is 0.191. The molecule has 0 heterocycles. The SMILES string of the molecule is COc1cc(/C=C/C(=O)[O-])cc(S(=O)(=O)NCCc2ccccc2)c1OC. The first kappa shape index (κ1) is 20.5. The van der Waals surface area contributed by atoms with Crippen LogP contribution in [0, 0.1) is 0 Å². The lowest BCUT2D eigenvalue weighted by Crippen LogP contribution is -2.26. The van der Waals surface area contributed by atoms with E-state index in [9.17, 15) is 18.3 Å². The standard InChI is InChI=1S/C19H21NO6S/c1-25-16-12-15(8-9-18(21)22)13-17(19(16)26-2)27(23,24)20-11-10-14-6-4-3-5-7-14/h3-9,12-13,20H,10-11H2,1-2H3,(H,21,22)/p-1/b9-8+. The Kier molecular flexibility index (Phi) is 6.98. The number of hydrogen-bond donors (Lipinski definition) is 1. The van der Waals surface area contributed by atoms with E-state index < -0.39 is 16.0 Å². The Hall–Kier alpha value is -2.84. The Morgan fingerprint density at radius 3 is 2.44 bits per heavy atom. The number of benzene rings is 2. The van der Waals surface area contributed by atoms with Gasteiger partial charge in [-0.1, -0.05) is 36.4 Å². The second-order valence-corrected chi connectivity index (χ2v) is 7.28. The highest BCUT2D eigenvalue weighted by atomic mass is 32.2. The maximum atomic E-state index is 12.8. The Morgan fingerprint density at radius 1 is 1.15 bits per heavy atom. The number of methoxy groups -OCH3 is 2. The minimum Gasteiger partial charge on any atom is -0.545 e. The minimum atomic E-state index is -3.92. The zero-order valence-corrected chi connectivity index (χ0v) is 15.8. The summed E-state index contributed by atoms with van der Waals surface area (Å²) in [5.41, 5.74) is 1.32. The molecule has 7 nitrogen and oxygen atoms in total. The largest absolute Gasteiger partial charge is 0.545 e. The van der Waals surface area contributed by atoms with E-state index in [-0.39, 0.29) is 22.9 Å². The van der Waals surface area contributed by atoms with Crippen molar-refractivity contribution in [2.75, 3.05) is 20.8 Å². The molecule has 0 aromatic heterocycles. The molecule has 0 atom stereocenters. The molecule has 0 saturated heterocycles. The molecule has 0 aliphatic carbocycles. The Morgan fingerprint density at radius 2 is 1.85 bits per heavy atom. The van der Waals surface area contributed by atoms with Gasteiger partial charge in [-0.05, 0) is 35.8 Å². The van der Waals surface area contributed by atoms with Gasteiger partial charge in [0, 0.05) is 6.54 Å². The number of ether oxygens (including phenoxy) is 2. The van der Waals surface area contributed by atoms with Gasteiger partial charge in [0.25, 0.3) is 0 Å². The van der Waals surface area contributed by atoms with E-state index >= 15 is 0 Å². The van der Waals surface area contributed by atoms with Gasteiger partial charge in [-0.2, -0.15) is 0 Å². The highest BCUT2D eigenvalue weighted by molar-refractivity contribution is 7.89. The number of aliphatic carboxylic acids is 1. The smallest absolute Gasteiger partial charge is 0.244 e. The number of carbonyl (C=O) groups is 1. The molecule has 8 heteroatoms. The van der Waals surface area contributed by atoms with E-state index in [0.717, 1.165) is 11.6 Å². The quantitative estimate of drug-likeness (QED) is 0.640. The molecule has 0 aliphatic heterocycles. The molecule has 0 radical (unpaired) electrons. The third-order valence-corrected chi connectivity index (χ3v) is 5.18. The van der Waals surface area contributed by atoms with Crippen LogP contribution in [0.3, 0.4) is 0 Å². The molecule has 2 aromatic carbocycles. The fourth-order valence-corrected chi connectivity index (χ4v) is 3.71. The molecular weight excluding hydrogens is 370 g/mol. The average Bonchev–Trinajstić information content (AvgIpc) is 2.66. The normalized spacial score (nSPS) is 11.5. The average molecular weight is 390 g/mol. The molecule has 0 spiro atoms. The van der Waals surface area contributed by atoms with E-state index in [1.54, 1.807) is 0 Å². The highest BCUT2D eigenvalue weighted by Crippen LogP contribution is 2.36. The van der Waals surface area contributed by atoms with E-state index in [4.69, 9.17) is 9.47 Å². The molecule has 0 saturated carbocycles. The maximum Gasteiger partial charge on any atom is 0.244 e. The van der Waals surface area contributed by atoms with Crippen LogP contribution in [0.1, 0.15) is 11.1 Å². The van der Waals surface area contributed by atoms with Gasteiger partial charge in [0.05, 0.1) is 20.2 Å². The zero-order valence-electron chi connectivity index (χ0n) is 15.0. The van der Waals surface area contributed by atoms with E-state index in [1.165, 1.54) is 32.4 Å². The molecule has 0 aliphatic rings. The van der Waals surface area contributed by atoms with Gasteiger partial charge in [0.1, 0.15) is 4.90 Å². The van der Waals surface area contributed by atoms with Crippen molar-refractivity contribution in [2.45, 2.75) is 11.3 Å². The van der Waals surface area contributed by atoms with Crippen molar-refractivity contribution in [2.24, 2.45) is 0 Å². The second kappa shape index (κ2) is 9.20. The van der Waals surface area contributed by atoms with Crippen molar-refractivity contribution in [3.63, 3.8) is 0 Å². The Labute approximate surface area is 158 Å². The summed E-state index contributed by atoms with van der Waals surface area (Å²) in [5, 5.41) is 10.6. The first-order valence-corrected chi connectivity index (χ1v) is 9.54. The van der Waals surface area contributed by atoms with Crippen LogP contribution in [0.4, 0.5) is 0 Å². The maximum absolute atomic E-state index is 12.8. The predicted molar refractivity (Wildman–Crippen MR) is 98.9 cm³/mol. The third-order valence-electron chi connectivity index (χ3n) is 3.72. The van der Waals surface area contributed by atoms with E-state index in [1.807, 2.05) is 30.3 Å². The number of sulfonamides is 1. The number of carbonyl (C=O) groups excluding carboxylic acids is 1. The highest BCUT2D eigenvalue weighted by Gasteiger charge is 2.23. The summed E-state index contributed by atoms with van der Waals surface area (Å²) in [6, 6.07) is 12.2. The Bertz CT molecular complexity index is 923. The van der Waals surface area contributed by atoms with Gasteiger partial charge >= 0.3 is 0 Å². The zero-order chi connectivity index (χ0) is 19.9. The fraction of sp³-hybridized carbons (Fsp3) is 0.211. The number of nitrogens with one attached hydrogen (secondary N) is 1. The second-order valence-electron chi connectivity index (χ2n) is 5.54. The van der Waals surface area contributed by atoms with Crippen LogP contribution < -0.4 is 19.3 Å². The van der Waals surface area contributed by atoms with Gasteiger partial charge in [-0.25, -0.2) is 13.1 Å². The summed E-state index contributed by atoms with van der Waals surface area (Å²) in [7, 11) is -1.22. The molecule has 144 valence electrons. The van der Waals surface area contributed by atoms with Crippen molar-refractivity contribution in [3.05, 3.63) is 59.7 Å². The monoisotopic (exact) mass is 390 g/mol. The van der Waals surface area contributed by atoms with Crippen LogP contribution in [0.5, 0.6) is 11.5 Å². The van der Waals surface area contributed by atoms with Crippen LogP contribution in [-0.2, 0) is 21.2 Å². The van der Waals surface area contributed by atoms with Crippen molar-refractivity contribution in [3.8, 4) is 11.5 Å². The lowest BCUT2D eigenvalue weighted by atomic mass is 10.2. The summed E-state index contributed by atoms with van der Waals surface area (Å²) in [4.78, 5) is 10.5. The van der Waals surface area contributed by atoms with Crippen molar-refractivity contribution >= 4 is 22.1 Å². The van der Waals surface area contributed by atoms with Crippen molar-refractivity contribution < 1.29 is 27.8 Å². The van der Waals surface area contributed by atoms with Crippen LogP contribution in [0.2, 0.25) is 0 Å². The van der Waals surface area contributed by atoms with Crippen LogP contribution in [0.25, 0.3) is 6.08 Å². The molecule has 0 bridgehead atoms. The number of rotatable bonds is 9. The molecule has 0 unspecified atom stereocenters. The third kappa shape index (κ3) is 5.57. The van der Waals surface area contributed by atoms with Gasteiger partial charge in [-0.15, -0.1) is 0 Å². The molecule has 1 N–H and O–H groups in total. The predicted octanol–water partition coefficient (Wildman–Crippen LogP) is 0.988. The summed E-state index contributed by atoms with van der Waals surface area (Å²) < 4.78 is 38.4. The minimum absolute atomic E-state index is 0.0373. The van der Waals surface area contributed by atoms with Crippen LogP contribution in [0.15, 0.2) is 53.4 Å². The number of carboxylic acids is 1. The van der Waals surface area contributed by atoms with Crippen molar-refractivity contribution in [1.82, 2.24) is 4.72 Å². The molecule has 2 rings (SSSR count). The first-order chi connectivity index (χ1) is 12.9. The molecule has 0 amide bonds. The van der Waals surface area contributed by atoms with Crippen molar-refractivity contribution in [1.29, 1.82) is 0 Å². The lowest BCUT2D eigenvalue weighted by molar-refractivity contribution is -0.297. The van der Waals surface area contributed by atoms with Gasteiger partial charge < -0.3 is 19.4 Å². The van der Waals surface area contributed by atoms with Crippen LogP contribution >= 0.6 is 0 Å².